The number of hydrogen-bond acceptors (Lipinski definition) is 8. The molecule has 58 heavy (non-hydrogen) atoms. The van der Waals surface area contributed by atoms with Gasteiger partial charge in [0.05, 0.1) is 6.10 Å². The number of anilines is 1. The summed E-state index contributed by atoms with van der Waals surface area (Å²) < 4.78 is 0.981. The molecule has 15 nitrogen and oxygen atoms in total. The summed E-state index contributed by atoms with van der Waals surface area (Å²) in [5.74, 6) is -2.34. The number of benzene rings is 2. The zero-order valence-electron chi connectivity index (χ0n) is 33.5. The summed E-state index contributed by atoms with van der Waals surface area (Å²) >= 11 is 2.15. The molecule has 0 bridgehead atoms. The molecule has 6 rings (SSSR count). The Bertz CT molecular complexity index is 1930. The van der Waals surface area contributed by atoms with E-state index in [2.05, 4.69) is 43.9 Å². The summed E-state index contributed by atoms with van der Waals surface area (Å²) in [5, 5.41) is 21.8. The van der Waals surface area contributed by atoms with Crippen molar-refractivity contribution in [1.29, 1.82) is 0 Å². The minimum atomic E-state index is -1.44. The minimum absolute atomic E-state index is 0.0423. The Balaban J connectivity index is 1.13. The van der Waals surface area contributed by atoms with E-state index in [9.17, 15) is 38.7 Å². The number of rotatable bonds is 12. The molecule has 0 unspecified atom stereocenters. The van der Waals surface area contributed by atoms with Gasteiger partial charge in [-0.05, 0) is 118 Å². The van der Waals surface area contributed by atoms with Gasteiger partial charge in [-0.25, -0.2) is 4.79 Å². The third kappa shape index (κ3) is 9.64. The summed E-state index contributed by atoms with van der Waals surface area (Å²) in [5.41, 5.74) is 1.50. The number of ketones is 1. The van der Waals surface area contributed by atoms with E-state index in [1.165, 1.54) is 16.7 Å². The van der Waals surface area contributed by atoms with Crippen LogP contribution in [-0.4, -0.2) is 123 Å². The maximum absolute atomic E-state index is 14.3. The Morgan fingerprint density at radius 1 is 0.897 bits per heavy atom. The second kappa shape index (κ2) is 18.1. The summed E-state index contributed by atoms with van der Waals surface area (Å²) in [7, 11) is 0. The van der Waals surface area contributed by atoms with Gasteiger partial charge in [0.25, 0.3) is 0 Å². The van der Waals surface area contributed by atoms with Gasteiger partial charge in [-0.2, -0.15) is 0 Å². The van der Waals surface area contributed by atoms with E-state index in [-0.39, 0.29) is 37.1 Å². The van der Waals surface area contributed by atoms with Crippen LogP contribution in [0.2, 0.25) is 0 Å². The van der Waals surface area contributed by atoms with Crippen LogP contribution in [0.15, 0.2) is 48.5 Å². The molecule has 312 valence electrons. The lowest BCUT2D eigenvalue weighted by Crippen LogP contribution is -2.62. The van der Waals surface area contributed by atoms with Crippen molar-refractivity contribution in [2.75, 3.05) is 25.0 Å². The predicted molar refractivity (Wildman–Crippen MR) is 223 cm³/mol. The van der Waals surface area contributed by atoms with Crippen LogP contribution < -0.4 is 21.3 Å². The first-order valence-corrected chi connectivity index (χ1v) is 21.3. The van der Waals surface area contributed by atoms with E-state index in [1.54, 1.807) is 24.0 Å². The Morgan fingerprint density at radius 3 is 2.26 bits per heavy atom. The van der Waals surface area contributed by atoms with Crippen molar-refractivity contribution in [3.63, 3.8) is 0 Å². The highest BCUT2D eigenvalue weighted by Crippen LogP contribution is 2.48. The van der Waals surface area contributed by atoms with Gasteiger partial charge in [-0.1, -0.05) is 36.8 Å². The number of nitrogens with one attached hydrogen (secondary N) is 4. The van der Waals surface area contributed by atoms with Crippen LogP contribution in [-0.2, 0) is 35.2 Å². The second-order valence-electron chi connectivity index (χ2n) is 16.4. The Morgan fingerprint density at radius 2 is 1.59 bits per heavy atom. The topological polar surface area (TPSA) is 198 Å². The molecule has 8 atom stereocenters. The Kier molecular flexibility index (Phi) is 13.4. The first-order valence-electron chi connectivity index (χ1n) is 20.2. The van der Waals surface area contributed by atoms with E-state index in [0.29, 0.717) is 57.2 Å². The second-order valence-corrected chi connectivity index (χ2v) is 17.7. The molecule has 4 aliphatic rings. The van der Waals surface area contributed by atoms with Crippen LogP contribution in [0.5, 0.6) is 0 Å². The van der Waals surface area contributed by atoms with Crippen LogP contribution in [0, 0.1) is 16.4 Å². The maximum Gasteiger partial charge on any atom is 0.319 e. The Hall–Kier alpha value is -4.58. The number of likely N-dealkylation sites (tertiary alicyclic amines) is 3. The molecule has 0 aromatic heterocycles. The standard InChI is InChI=1S/C42H54IN7O8/c1-24-9-7-10-28(19-24)20-31(46-41(58)45-30-15-13-29(43)14-16-30)36(53)47-35(27(4)51)40(57)49-18-8-12-33(49)39(56)48-17-6-5-11-32(48)37(54)44-26(3)38(55)50-23-25(2)21-42(50)22-34(42)52/h7,9-10,13-16,19,25-27,31-33,35,51H,5-6,8,11-12,17-18,20-23H2,1-4H3,(H,44,54)(H,47,53)(H2,45,46,58)/t25-,26+,27+,31+,32+,33+,35+,42+/m1/s1. The number of hydrogen-bond donors (Lipinski definition) is 5. The van der Waals surface area contributed by atoms with Gasteiger partial charge in [-0.3, -0.25) is 28.8 Å². The summed E-state index contributed by atoms with van der Waals surface area (Å²) in [6, 6.07) is 8.68. The number of urea groups is 1. The molecule has 5 N–H and O–H groups in total. The normalized spacial score (nSPS) is 24.8. The highest BCUT2D eigenvalue weighted by molar-refractivity contribution is 14.1. The summed E-state index contributed by atoms with van der Waals surface area (Å²) in [6.45, 7) is 7.81. The van der Waals surface area contributed by atoms with Crippen LogP contribution in [0.4, 0.5) is 10.5 Å². The number of carbonyl (C=O) groups excluding carboxylic acids is 7. The SMILES string of the molecule is Cc1cccc(C[C@H](NC(=O)Nc2ccc(I)cc2)C(=O)N[C@H](C(=O)N2CCC[C@H]2C(=O)N2CCCC[C@H]2C(=O)N[C@@H](C)C(=O)N2C[C@H](C)C[C@@]23CC3=O)[C@H](C)O)c1. The summed E-state index contributed by atoms with van der Waals surface area (Å²) in [6.07, 6.45) is 2.23. The molecule has 1 spiro atoms. The van der Waals surface area contributed by atoms with Crippen molar-refractivity contribution in [3.05, 3.63) is 63.2 Å². The van der Waals surface area contributed by atoms with Crippen molar-refractivity contribution in [1.82, 2.24) is 30.7 Å². The highest BCUT2D eigenvalue weighted by atomic mass is 127. The zero-order chi connectivity index (χ0) is 41.9. The molecule has 3 heterocycles. The van der Waals surface area contributed by atoms with Gasteiger partial charge in [0.15, 0.2) is 5.78 Å². The van der Waals surface area contributed by atoms with Crippen LogP contribution in [0.25, 0.3) is 0 Å². The molecule has 16 heteroatoms. The van der Waals surface area contributed by atoms with Gasteiger partial charge in [0.1, 0.15) is 35.7 Å². The molecule has 4 fully saturated rings. The van der Waals surface area contributed by atoms with Crippen LogP contribution in [0.1, 0.15) is 76.8 Å². The number of halogens is 1. The third-order valence-electron chi connectivity index (χ3n) is 11.7. The average Bonchev–Trinajstić information content (AvgIpc) is 3.46. The van der Waals surface area contributed by atoms with Crippen molar-refractivity contribution in [3.8, 4) is 0 Å². The lowest BCUT2D eigenvalue weighted by Gasteiger charge is -2.39. The number of piperidine rings is 1. The van der Waals surface area contributed by atoms with E-state index < -0.39 is 71.5 Å². The molecule has 3 saturated heterocycles. The van der Waals surface area contributed by atoms with Gasteiger partial charge in [-0.15, -0.1) is 0 Å². The van der Waals surface area contributed by atoms with Crippen LogP contribution >= 0.6 is 22.6 Å². The quantitative estimate of drug-likeness (QED) is 0.201. The van der Waals surface area contributed by atoms with Crippen molar-refractivity contribution in [2.24, 2.45) is 5.92 Å². The molecule has 7 amide bonds. The first-order chi connectivity index (χ1) is 27.6. The van der Waals surface area contributed by atoms with E-state index in [1.807, 2.05) is 50.2 Å². The number of aliphatic hydroxyl groups excluding tert-OH is 1. The number of nitrogens with zero attached hydrogens (tertiary/aromatic N) is 3. The van der Waals surface area contributed by atoms with Gasteiger partial charge in [0.2, 0.25) is 29.5 Å². The zero-order valence-corrected chi connectivity index (χ0v) is 35.6. The Labute approximate surface area is 352 Å². The monoisotopic (exact) mass is 911 g/mol. The van der Waals surface area contributed by atoms with Gasteiger partial charge < -0.3 is 41.1 Å². The largest absolute Gasteiger partial charge is 0.391 e. The lowest BCUT2D eigenvalue weighted by molar-refractivity contribution is -0.152. The number of carbonyl (C=O) groups is 7. The molecular weight excluding hydrogens is 857 g/mol. The lowest BCUT2D eigenvalue weighted by atomic mass is 9.99. The highest BCUT2D eigenvalue weighted by Gasteiger charge is 2.63. The molecule has 3 aliphatic heterocycles. The van der Waals surface area contributed by atoms with Gasteiger partial charge >= 0.3 is 6.03 Å². The van der Waals surface area contributed by atoms with E-state index in [4.69, 9.17) is 0 Å². The number of amides is 7. The predicted octanol–water partition coefficient (Wildman–Crippen LogP) is 2.65. The van der Waals surface area contributed by atoms with Crippen molar-refractivity contribution >= 4 is 69.6 Å². The molecule has 2 aromatic carbocycles. The smallest absolute Gasteiger partial charge is 0.319 e. The number of Topliss-reactive ketones (excluding diaryl/α,β-unsaturated/α-hetero) is 1. The third-order valence-corrected chi connectivity index (χ3v) is 12.5. The molecular formula is C42H54IN7O8. The maximum atomic E-state index is 14.3. The molecule has 0 radical (unpaired) electrons. The first kappa shape index (κ1) is 43.0. The fourth-order valence-electron chi connectivity index (χ4n) is 8.71. The fourth-order valence-corrected chi connectivity index (χ4v) is 9.07. The van der Waals surface area contributed by atoms with E-state index >= 15 is 0 Å². The number of aryl methyl sites for hydroxylation is 1. The molecule has 1 saturated carbocycles. The number of aliphatic hydroxyl groups is 1. The minimum Gasteiger partial charge on any atom is -0.391 e. The average molecular weight is 912 g/mol. The van der Waals surface area contributed by atoms with E-state index in [0.717, 1.165) is 14.7 Å². The van der Waals surface area contributed by atoms with Crippen molar-refractivity contribution in [2.45, 2.75) is 121 Å². The molecule has 1 aliphatic carbocycles. The fraction of sp³-hybridized carbons (Fsp3) is 0.548. The van der Waals surface area contributed by atoms with Crippen LogP contribution in [0.3, 0.4) is 0 Å². The summed E-state index contributed by atoms with van der Waals surface area (Å²) in [4.78, 5) is 99.7. The van der Waals surface area contributed by atoms with Gasteiger partial charge in [0, 0.05) is 41.7 Å². The van der Waals surface area contributed by atoms with Crippen molar-refractivity contribution < 1.29 is 38.7 Å². The molecule has 2 aromatic rings.